The van der Waals surface area contributed by atoms with Crippen LogP contribution in [-0.4, -0.2) is 284 Å². The summed E-state index contributed by atoms with van der Waals surface area (Å²) in [6.45, 7) is 2.01. The second-order valence-electron chi connectivity index (χ2n) is 22.2. The molecule has 5 fully saturated rings. The van der Waals surface area contributed by atoms with Gasteiger partial charge >= 0.3 is 0 Å². The Balaban J connectivity index is 1.18. The summed E-state index contributed by atoms with van der Waals surface area (Å²) in [6, 6.07) is -2.18. The molecule has 0 bridgehead atoms. The van der Waals surface area contributed by atoms with E-state index in [4.69, 9.17) is 47.4 Å². The number of ether oxygens (including phenoxy) is 10. The number of nitrogens with one attached hydrogen (secondary N) is 5. The second kappa shape index (κ2) is 34.6. The highest BCUT2D eigenvalue weighted by Gasteiger charge is 2.58. The maximum absolute atomic E-state index is 13.9. The van der Waals surface area contributed by atoms with E-state index in [2.05, 4.69) is 45.7 Å². The number of carbonyl (C=O) groups is 5. The van der Waals surface area contributed by atoms with E-state index in [9.17, 15) is 85.3 Å². The zero-order valence-electron chi connectivity index (χ0n) is 49.6. The predicted octanol–water partition coefficient (Wildman–Crippen LogP) is -6.23. The quantitative estimate of drug-likeness (QED) is 0.0262. The monoisotopic (exact) mass is 1260 g/mol. The van der Waals surface area contributed by atoms with E-state index in [1.165, 1.54) is 25.0 Å². The lowest BCUT2D eigenvalue weighted by atomic mass is 9.93. The molecule has 25 atom stereocenters. The SMILES string of the molecule is CCCCCC/C=C\CCCOc1cccc(C(=O)NC2C(O)[C@H](O)C(CO)O[C@H]2O[C@H]2C(O)C(NC(C)=O)[C@H](OC3C(CO)OC(O[C@H]4C(O)C(NC(C)=O)C(OC5C(CO)OC(O)[C@@H](NC(C)=O)[C@H]5O)O[C@H]4CO)[C@@H](NC(C)=O)[C@H]3O)O[C@H]2CO)c1. The molecule has 1 aromatic rings. The summed E-state index contributed by atoms with van der Waals surface area (Å²) in [4.78, 5) is 64.1. The van der Waals surface area contributed by atoms with Crippen LogP contribution in [0, 0.1) is 0 Å². The third-order valence-electron chi connectivity index (χ3n) is 15.5. The molecule has 32 heteroatoms. The highest BCUT2D eigenvalue weighted by Crippen LogP contribution is 2.36. The van der Waals surface area contributed by atoms with Crippen LogP contribution in [0.3, 0.4) is 0 Å². The van der Waals surface area contributed by atoms with E-state index < -0.39 is 216 Å². The van der Waals surface area contributed by atoms with Crippen LogP contribution in [0.4, 0.5) is 0 Å². The fourth-order valence-electron chi connectivity index (χ4n) is 11.1. The van der Waals surface area contributed by atoms with Crippen molar-refractivity contribution in [2.75, 3.05) is 39.6 Å². The lowest BCUT2D eigenvalue weighted by Gasteiger charge is -2.51. The van der Waals surface area contributed by atoms with Crippen molar-refractivity contribution >= 4 is 29.5 Å². The second-order valence-corrected chi connectivity index (χ2v) is 22.2. The molecule has 88 heavy (non-hydrogen) atoms. The first-order valence-corrected chi connectivity index (χ1v) is 29.5. The molecule has 0 saturated carbocycles. The molecule has 14 unspecified atom stereocenters. The third kappa shape index (κ3) is 18.7. The summed E-state index contributed by atoms with van der Waals surface area (Å²) in [5, 5.41) is 145. The van der Waals surface area contributed by atoms with Crippen LogP contribution in [0.2, 0.25) is 0 Å². The van der Waals surface area contributed by atoms with Crippen molar-refractivity contribution in [3.05, 3.63) is 42.0 Å². The smallest absolute Gasteiger partial charge is 0.251 e. The fourth-order valence-corrected chi connectivity index (χ4v) is 11.1. The lowest BCUT2D eigenvalue weighted by molar-refractivity contribution is -0.367. The van der Waals surface area contributed by atoms with Crippen molar-refractivity contribution in [2.45, 2.75) is 233 Å². The van der Waals surface area contributed by atoms with E-state index in [0.29, 0.717) is 18.8 Å². The van der Waals surface area contributed by atoms with Gasteiger partial charge in [0.05, 0.1) is 39.6 Å². The van der Waals surface area contributed by atoms with Crippen molar-refractivity contribution in [3.63, 3.8) is 0 Å². The van der Waals surface area contributed by atoms with Gasteiger partial charge in [-0.15, -0.1) is 0 Å². The first-order chi connectivity index (χ1) is 42.0. The standard InChI is InChI=1S/C56H89N5O27/c1-6-7-8-9-10-11-12-13-14-18-79-30-17-15-16-29(19-30)51(77)61-37-42(72)41(71)31(20-62)81-53(37)86-48-33(22-64)83-55(39(44(48)74)59-27(4)69)88-50-35(24-66)84-56(40(46(50)76)60-28(5)70)87-49-34(23-65)82-54(38(45(49)75)58-26(3)68)85-47-32(21-63)80-52(78)36(43(47)73)57-25(2)67/h11-12,15-17,19,31-50,52-56,62-66,71-76,78H,6-10,13-14,18,20-24H2,1-5H3,(H,57,67)(H,58,68)(H,59,69)(H,60,70)(H,61,77)/b12-11-/t31?,32?,33-,34-,35?,36-,37?,38?,39?,40-,41+,42?,43+,44?,45?,46+,47?,48+,49+,50?,52?,53-,54?,55-,56?/m0/s1. The highest BCUT2D eigenvalue weighted by molar-refractivity contribution is 5.94. The molecule has 0 aliphatic carbocycles. The topological polar surface area (TPSA) is 481 Å². The van der Waals surface area contributed by atoms with Crippen molar-refractivity contribution in [3.8, 4) is 5.75 Å². The van der Waals surface area contributed by atoms with E-state index in [0.717, 1.165) is 53.4 Å². The summed E-state index contributed by atoms with van der Waals surface area (Å²) >= 11 is 0. The molecule has 17 N–H and O–H groups in total. The molecule has 1 aromatic carbocycles. The van der Waals surface area contributed by atoms with Crippen LogP contribution in [0.25, 0.3) is 0 Å². The minimum Gasteiger partial charge on any atom is -0.494 e. The molecular formula is C56H89N5O27. The largest absolute Gasteiger partial charge is 0.494 e. The molecule has 6 rings (SSSR count). The molecule has 0 radical (unpaired) electrons. The van der Waals surface area contributed by atoms with Gasteiger partial charge in [0.1, 0.15) is 128 Å². The van der Waals surface area contributed by atoms with E-state index >= 15 is 0 Å². The first kappa shape index (κ1) is 72.3. The molecular weight excluding hydrogens is 1170 g/mol. The number of benzene rings is 1. The lowest BCUT2D eigenvalue weighted by Crippen LogP contribution is -2.72. The number of hydrogen-bond acceptors (Lipinski definition) is 27. The Morgan fingerprint density at radius 1 is 0.455 bits per heavy atom. The highest BCUT2D eigenvalue weighted by atomic mass is 16.8. The van der Waals surface area contributed by atoms with E-state index in [1.807, 2.05) is 0 Å². The van der Waals surface area contributed by atoms with Gasteiger partial charge in [0.2, 0.25) is 23.6 Å². The molecule has 5 aliphatic heterocycles. The molecule has 5 aliphatic rings. The van der Waals surface area contributed by atoms with Crippen LogP contribution in [0.5, 0.6) is 5.75 Å². The van der Waals surface area contributed by atoms with Crippen molar-refractivity contribution < 1.29 is 133 Å². The number of amides is 5. The van der Waals surface area contributed by atoms with Crippen molar-refractivity contribution in [1.29, 1.82) is 0 Å². The van der Waals surface area contributed by atoms with Crippen molar-refractivity contribution in [2.24, 2.45) is 0 Å². The Morgan fingerprint density at radius 3 is 1.24 bits per heavy atom. The van der Waals surface area contributed by atoms with Crippen LogP contribution < -0.4 is 31.3 Å². The average molecular weight is 1260 g/mol. The Kier molecular flexibility index (Phi) is 28.5. The van der Waals surface area contributed by atoms with E-state index in [1.54, 1.807) is 12.1 Å². The van der Waals surface area contributed by atoms with Gasteiger partial charge in [-0.1, -0.05) is 44.4 Å². The number of hydrogen-bond donors (Lipinski definition) is 17. The van der Waals surface area contributed by atoms with Gasteiger partial charge < -0.3 is 135 Å². The number of aliphatic hydroxyl groups excluding tert-OH is 12. The van der Waals surface area contributed by atoms with Crippen LogP contribution >= 0.6 is 0 Å². The van der Waals surface area contributed by atoms with E-state index in [-0.39, 0.29) is 5.56 Å². The summed E-state index contributed by atoms with van der Waals surface area (Å²) in [5.74, 6) is -3.54. The zero-order valence-corrected chi connectivity index (χ0v) is 49.6. The number of rotatable bonds is 29. The fraction of sp³-hybridized carbons (Fsp3) is 0.768. The molecule has 5 amide bonds. The van der Waals surface area contributed by atoms with Gasteiger partial charge in [-0.2, -0.15) is 0 Å². The minimum absolute atomic E-state index is 0.0576. The number of unbranched alkanes of at least 4 members (excludes halogenated alkanes) is 5. The van der Waals surface area contributed by atoms with Crippen molar-refractivity contribution in [1.82, 2.24) is 26.6 Å². The predicted molar refractivity (Wildman–Crippen MR) is 297 cm³/mol. The molecule has 500 valence electrons. The molecule has 0 spiro atoms. The minimum atomic E-state index is -2.03. The maximum atomic E-state index is 13.9. The van der Waals surface area contributed by atoms with Gasteiger partial charge in [-0.05, 0) is 43.9 Å². The summed E-state index contributed by atoms with van der Waals surface area (Å²) in [5.41, 5.74) is 0.0576. The summed E-state index contributed by atoms with van der Waals surface area (Å²) < 4.78 is 59.8. The Labute approximate surface area is 507 Å². The maximum Gasteiger partial charge on any atom is 0.251 e. The molecule has 5 saturated heterocycles. The number of allylic oxidation sites excluding steroid dienone is 2. The van der Waals surface area contributed by atoms with Gasteiger partial charge in [0.25, 0.3) is 5.91 Å². The van der Waals surface area contributed by atoms with Crippen LogP contribution in [0.15, 0.2) is 36.4 Å². The molecule has 32 nitrogen and oxygen atoms in total. The van der Waals surface area contributed by atoms with Crippen LogP contribution in [-0.2, 0) is 61.8 Å². The van der Waals surface area contributed by atoms with Crippen LogP contribution in [0.1, 0.15) is 89.9 Å². The zero-order chi connectivity index (χ0) is 64.5. The number of carbonyl (C=O) groups excluding carboxylic acids is 5. The van der Waals surface area contributed by atoms with Gasteiger partial charge in [-0.25, -0.2) is 0 Å². The normalized spacial score (nSPS) is 37.8. The Hall–Kier alpha value is -4.73. The number of aliphatic hydroxyl groups is 12. The van der Waals surface area contributed by atoms with Gasteiger partial charge in [-0.3, -0.25) is 24.0 Å². The summed E-state index contributed by atoms with van der Waals surface area (Å²) in [7, 11) is 0. The van der Waals surface area contributed by atoms with Gasteiger partial charge in [0.15, 0.2) is 31.5 Å². The molecule has 5 heterocycles. The first-order valence-electron chi connectivity index (χ1n) is 29.5. The van der Waals surface area contributed by atoms with Gasteiger partial charge in [0, 0.05) is 33.3 Å². The molecule has 0 aromatic heterocycles. The summed E-state index contributed by atoms with van der Waals surface area (Å²) in [6.07, 6.45) is -24.4. The average Bonchev–Trinajstić information content (AvgIpc) is 1.52. The Bertz CT molecular complexity index is 2400. The third-order valence-corrected chi connectivity index (χ3v) is 15.5. The Morgan fingerprint density at radius 2 is 0.830 bits per heavy atom.